The molecule has 2 rings (SSSR count). The Morgan fingerprint density at radius 1 is 1.47 bits per heavy atom. The summed E-state index contributed by atoms with van der Waals surface area (Å²) in [6.07, 6.45) is 3.57. The highest BCUT2D eigenvalue weighted by molar-refractivity contribution is 5.94. The maximum Gasteiger partial charge on any atom is 0.341 e. The summed E-state index contributed by atoms with van der Waals surface area (Å²) in [6.45, 7) is 2.21. The zero-order valence-corrected chi connectivity index (χ0v) is 11.5. The first-order chi connectivity index (χ1) is 8.91. The number of aromatic carboxylic acids is 1. The van der Waals surface area contributed by atoms with E-state index < -0.39 is 5.97 Å². The Kier molecular flexibility index (Phi) is 3.28. The highest BCUT2D eigenvalue weighted by Crippen LogP contribution is 2.23. The SMILES string of the molecule is Cc1nn(C)c(N(C)Cc2nccn2C)c1C(=O)O. The molecule has 0 aliphatic carbocycles. The number of nitrogens with zero attached hydrogens (tertiary/aromatic N) is 5. The number of hydrogen-bond donors (Lipinski definition) is 1. The number of anilines is 1. The molecule has 2 aromatic heterocycles. The zero-order chi connectivity index (χ0) is 14.2. The van der Waals surface area contributed by atoms with Crippen LogP contribution in [0.1, 0.15) is 21.9 Å². The second-order valence-electron chi connectivity index (χ2n) is 4.52. The minimum atomic E-state index is -0.965. The quantitative estimate of drug-likeness (QED) is 0.882. The van der Waals surface area contributed by atoms with Crippen molar-refractivity contribution in [1.29, 1.82) is 0 Å². The van der Waals surface area contributed by atoms with Crippen LogP contribution in [0.25, 0.3) is 0 Å². The summed E-state index contributed by atoms with van der Waals surface area (Å²) in [5.41, 5.74) is 0.746. The van der Waals surface area contributed by atoms with E-state index in [0.29, 0.717) is 18.1 Å². The normalized spacial score (nSPS) is 10.7. The third-order valence-electron chi connectivity index (χ3n) is 3.07. The van der Waals surface area contributed by atoms with Gasteiger partial charge in [-0.2, -0.15) is 5.10 Å². The van der Waals surface area contributed by atoms with Crippen molar-refractivity contribution in [2.45, 2.75) is 13.5 Å². The average Bonchev–Trinajstić information content (AvgIpc) is 2.82. The fourth-order valence-electron chi connectivity index (χ4n) is 2.17. The minimum absolute atomic E-state index is 0.235. The first-order valence-electron chi connectivity index (χ1n) is 5.86. The van der Waals surface area contributed by atoms with Gasteiger partial charge in [0.15, 0.2) is 0 Å². The van der Waals surface area contributed by atoms with Gasteiger partial charge in [0.1, 0.15) is 17.2 Å². The molecule has 19 heavy (non-hydrogen) atoms. The fraction of sp³-hybridized carbons (Fsp3) is 0.417. The third-order valence-corrected chi connectivity index (χ3v) is 3.07. The summed E-state index contributed by atoms with van der Waals surface area (Å²) in [4.78, 5) is 17.4. The molecule has 0 aliphatic heterocycles. The van der Waals surface area contributed by atoms with Crippen LogP contribution in [-0.2, 0) is 20.6 Å². The summed E-state index contributed by atoms with van der Waals surface area (Å²) < 4.78 is 3.49. The zero-order valence-electron chi connectivity index (χ0n) is 11.5. The summed E-state index contributed by atoms with van der Waals surface area (Å²) in [5.74, 6) is 0.470. The number of imidazole rings is 1. The molecule has 0 fully saturated rings. The molecule has 0 saturated carbocycles. The van der Waals surface area contributed by atoms with E-state index in [0.717, 1.165) is 5.82 Å². The van der Waals surface area contributed by atoms with Crippen LogP contribution in [0.4, 0.5) is 5.82 Å². The van der Waals surface area contributed by atoms with Gasteiger partial charge < -0.3 is 14.6 Å². The van der Waals surface area contributed by atoms with Crippen LogP contribution in [0.5, 0.6) is 0 Å². The van der Waals surface area contributed by atoms with Crippen LogP contribution >= 0.6 is 0 Å². The van der Waals surface area contributed by atoms with E-state index in [-0.39, 0.29) is 5.56 Å². The fourth-order valence-corrected chi connectivity index (χ4v) is 2.17. The van der Waals surface area contributed by atoms with Crippen LogP contribution in [-0.4, -0.2) is 37.5 Å². The van der Waals surface area contributed by atoms with Gasteiger partial charge in [0.25, 0.3) is 0 Å². The summed E-state index contributed by atoms with van der Waals surface area (Å²) in [7, 11) is 5.48. The van der Waals surface area contributed by atoms with Crippen molar-refractivity contribution in [3.05, 3.63) is 29.5 Å². The van der Waals surface area contributed by atoms with Gasteiger partial charge in [-0.25, -0.2) is 9.78 Å². The highest BCUT2D eigenvalue weighted by atomic mass is 16.4. The van der Waals surface area contributed by atoms with Crippen LogP contribution < -0.4 is 4.90 Å². The molecule has 2 heterocycles. The second-order valence-corrected chi connectivity index (χ2v) is 4.52. The molecular weight excluding hydrogens is 246 g/mol. The predicted octanol–water partition coefficient (Wildman–Crippen LogP) is 0.797. The number of rotatable bonds is 4. The highest BCUT2D eigenvalue weighted by Gasteiger charge is 2.23. The van der Waals surface area contributed by atoms with Gasteiger partial charge in [-0.1, -0.05) is 0 Å². The van der Waals surface area contributed by atoms with Gasteiger partial charge in [-0.3, -0.25) is 4.68 Å². The largest absolute Gasteiger partial charge is 0.477 e. The van der Waals surface area contributed by atoms with E-state index in [9.17, 15) is 9.90 Å². The molecule has 0 unspecified atom stereocenters. The Morgan fingerprint density at radius 2 is 2.16 bits per heavy atom. The van der Waals surface area contributed by atoms with Crippen molar-refractivity contribution in [3.63, 3.8) is 0 Å². The molecule has 102 valence electrons. The van der Waals surface area contributed by atoms with E-state index in [1.54, 1.807) is 24.9 Å². The van der Waals surface area contributed by atoms with Crippen LogP contribution in [0.2, 0.25) is 0 Å². The van der Waals surface area contributed by atoms with Gasteiger partial charge >= 0.3 is 5.97 Å². The molecule has 7 heteroatoms. The van der Waals surface area contributed by atoms with Crippen molar-refractivity contribution in [3.8, 4) is 0 Å². The summed E-state index contributed by atoms with van der Waals surface area (Å²) in [5, 5.41) is 13.5. The molecule has 0 aromatic carbocycles. The van der Waals surface area contributed by atoms with Gasteiger partial charge in [0.05, 0.1) is 12.2 Å². The van der Waals surface area contributed by atoms with E-state index in [2.05, 4.69) is 10.1 Å². The molecule has 0 spiro atoms. The number of aromatic nitrogens is 4. The van der Waals surface area contributed by atoms with Gasteiger partial charge in [-0.15, -0.1) is 0 Å². The monoisotopic (exact) mass is 263 g/mol. The lowest BCUT2D eigenvalue weighted by molar-refractivity contribution is 0.0696. The number of hydrogen-bond acceptors (Lipinski definition) is 4. The number of carboxylic acid groups (broad SMARTS) is 1. The number of aryl methyl sites for hydroxylation is 3. The van der Waals surface area contributed by atoms with Gasteiger partial charge in [0, 0.05) is 33.5 Å². The summed E-state index contributed by atoms with van der Waals surface area (Å²) in [6, 6.07) is 0. The van der Waals surface area contributed by atoms with Crippen molar-refractivity contribution in [1.82, 2.24) is 19.3 Å². The molecule has 2 aromatic rings. The van der Waals surface area contributed by atoms with Gasteiger partial charge in [0.2, 0.25) is 0 Å². The van der Waals surface area contributed by atoms with E-state index in [1.165, 1.54) is 0 Å². The molecule has 0 atom stereocenters. The Hall–Kier alpha value is -2.31. The molecule has 1 N–H and O–H groups in total. The van der Waals surface area contributed by atoms with Crippen LogP contribution in [0.3, 0.4) is 0 Å². The Balaban J connectivity index is 2.36. The first-order valence-corrected chi connectivity index (χ1v) is 5.86. The van der Waals surface area contributed by atoms with Crippen molar-refractivity contribution in [2.75, 3.05) is 11.9 Å². The number of carbonyl (C=O) groups is 1. The van der Waals surface area contributed by atoms with Gasteiger partial charge in [-0.05, 0) is 6.92 Å². The Bertz CT molecular complexity index is 614. The van der Waals surface area contributed by atoms with Crippen molar-refractivity contribution in [2.24, 2.45) is 14.1 Å². The van der Waals surface area contributed by atoms with E-state index in [4.69, 9.17) is 0 Å². The third kappa shape index (κ3) is 2.31. The Labute approximate surface area is 111 Å². The molecule has 0 bridgehead atoms. The van der Waals surface area contributed by atoms with E-state index in [1.807, 2.05) is 29.8 Å². The maximum atomic E-state index is 11.3. The molecular formula is C12H17N5O2. The molecule has 0 saturated heterocycles. The molecule has 7 nitrogen and oxygen atoms in total. The van der Waals surface area contributed by atoms with Crippen LogP contribution in [0, 0.1) is 6.92 Å². The van der Waals surface area contributed by atoms with Crippen molar-refractivity contribution >= 4 is 11.8 Å². The second kappa shape index (κ2) is 4.75. The Morgan fingerprint density at radius 3 is 2.68 bits per heavy atom. The lowest BCUT2D eigenvalue weighted by Crippen LogP contribution is -2.23. The summed E-state index contributed by atoms with van der Waals surface area (Å²) >= 11 is 0. The standard InChI is InChI=1S/C12H17N5O2/c1-8-10(12(18)19)11(17(4)14-8)16(3)7-9-13-5-6-15(9)2/h5-6H,7H2,1-4H3,(H,18,19). The van der Waals surface area contributed by atoms with E-state index >= 15 is 0 Å². The molecule has 0 amide bonds. The topological polar surface area (TPSA) is 76.2 Å². The lowest BCUT2D eigenvalue weighted by atomic mass is 10.2. The predicted molar refractivity (Wildman–Crippen MR) is 70.2 cm³/mol. The minimum Gasteiger partial charge on any atom is -0.477 e. The smallest absolute Gasteiger partial charge is 0.341 e. The maximum absolute atomic E-state index is 11.3. The lowest BCUT2D eigenvalue weighted by Gasteiger charge is -2.19. The molecule has 0 radical (unpaired) electrons. The van der Waals surface area contributed by atoms with Crippen molar-refractivity contribution < 1.29 is 9.90 Å². The van der Waals surface area contributed by atoms with Crippen LogP contribution in [0.15, 0.2) is 12.4 Å². The molecule has 0 aliphatic rings. The average molecular weight is 263 g/mol. The number of carboxylic acids is 1. The first kappa shape index (κ1) is 13.1.